The fourth-order valence-corrected chi connectivity index (χ4v) is 2.79. The molecular weight excluding hydrogens is 266 g/mol. The summed E-state index contributed by atoms with van der Waals surface area (Å²) < 4.78 is 25.8. The molecule has 0 bridgehead atoms. The van der Waals surface area contributed by atoms with Crippen molar-refractivity contribution >= 4 is 15.9 Å². The van der Waals surface area contributed by atoms with Gasteiger partial charge in [0.1, 0.15) is 0 Å². The van der Waals surface area contributed by atoms with Crippen LogP contribution in [0.15, 0.2) is 23.1 Å². The maximum absolute atomic E-state index is 12.3. The van der Waals surface area contributed by atoms with Crippen molar-refractivity contribution in [3.8, 4) is 0 Å². The molecule has 0 radical (unpaired) electrons. The first-order chi connectivity index (χ1) is 8.80. The second kappa shape index (κ2) is 6.14. The number of sulfonamides is 1. The average molecular weight is 285 g/mol. The first-order valence-corrected chi connectivity index (χ1v) is 7.26. The number of nitrogens with two attached hydrogens (primary N) is 1. The highest BCUT2D eigenvalue weighted by atomic mass is 32.2. The van der Waals surface area contributed by atoms with Crippen molar-refractivity contribution in [2.24, 2.45) is 5.73 Å². The highest BCUT2D eigenvalue weighted by Gasteiger charge is 2.21. The van der Waals surface area contributed by atoms with Gasteiger partial charge < -0.3 is 11.1 Å². The minimum atomic E-state index is -3.60. The molecule has 1 aromatic rings. The molecule has 1 aromatic carbocycles. The van der Waals surface area contributed by atoms with E-state index < -0.39 is 15.9 Å². The van der Waals surface area contributed by atoms with Gasteiger partial charge in [0.15, 0.2) is 0 Å². The summed E-state index contributed by atoms with van der Waals surface area (Å²) in [6, 6.07) is 4.38. The third-order valence-corrected chi connectivity index (χ3v) is 4.71. The lowest BCUT2D eigenvalue weighted by Crippen LogP contribution is -2.33. The van der Waals surface area contributed by atoms with E-state index in [0.29, 0.717) is 18.7 Å². The lowest BCUT2D eigenvalue weighted by molar-refractivity contribution is 0.0999. The molecule has 0 spiro atoms. The molecule has 106 valence electrons. The fourth-order valence-electron chi connectivity index (χ4n) is 1.60. The quantitative estimate of drug-likeness (QED) is 0.765. The molecule has 1 amide bonds. The van der Waals surface area contributed by atoms with Gasteiger partial charge in [0.05, 0.1) is 4.90 Å². The Bertz CT molecular complexity index is 570. The summed E-state index contributed by atoms with van der Waals surface area (Å²) in [7, 11) is -0.354. The fraction of sp³-hybridized carbons (Fsp3) is 0.417. The molecule has 0 aliphatic carbocycles. The number of nitrogens with one attached hydrogen (secondary N) is 1. The molecule has 19 heavy (non-hydrogen) atoms. The van der Waals surface area contributed by atoms with Crippen LogP contribution in [0.2, 0.25) is 0 Å². The van der Waals surface area contributed by atoms with Crippen LogP contribution >= 0.6 is 0 Å². The second-order valence-corrected chi connectivity index (χ2v) is 6.32. The molecule has 0 heterocycles. The molecule has 0 unspecified atom stereocenters. The Hall–Kier alpha value is -1.44. The van der Waals surface area contributed by atoms with E-state index in [1.165, 1.54) is 23.5 Å². The highest BCUT2D eigenvalue weighted by Crippen LogP contribution is 2.18. The van der Waals surface area contributed by atoms with Gasteiger partial charge in [0.2, 0.25) is 15.9 Å². The smallest absolute Gasteiger partial charge is 0.249 e. The number of carbonyl (C=O) groups is 1. The van der Waals surface area contributed by atoms with Gasteiger partial charge >= 0.3 is 0 Å². The summed E-state index contributed by atoms with van der Waals surface area (Å²) in [5.74, 6) is -0.632. The number of rotatable bonds is 6. The first kappa shape index (κ1) is 15.6. The van der Waals surface area contributed by atoms with Gasteiger partial charge in [0.25, 0.3) is 0 Å². The minimum Gasteiger partial charge on any atom is -0.366 e. The van der Waals surface area contributed by atoms with E-state index in [1.807, 2.05) is 0 Å². The van der Waals surface area contributed by atoms with Crippen LogP contribution in [0.3, 0.4) is 0 Å². The summed E-state index contributed by atoms with van der Waals surface area (Å²) in [6.07, 6.45) is 0. The van der Waals surface area contributed by atoms with Crippen LogP contribution in [0.4, 0.5) is 0 Å². The molecule has 0 aliphatic heterocycles. The van der Waals surface area contributed by atoms with Gasteiger partial charge in [-0.3, -0.25) is 4.79 Å². The first-order valence-electron chi connectivity index (χ1n) is 5.82. The van der Waals surface area contributed by atoms with E-state index in [9.17, 15) is 13.2 Å². The monoisotopic (exact) mass is 285 g/mol. The standard InChI is InChI=1S/C12H19N3O3S/c1-9-4-5-10(8-11(9)12(13)16)19(17,18)15(3)7-6-14-2/h4-5,8,14H,6-7H2,1-3H3,(H2,13,16). The molecule has 0 aromatic heterocycles. The summed E-state index contributed by atoms with van der Waals surface area (Å²) in [6.45, 7) is 2.60. The van der Waals surface area contributed by atoms with Gasteiger partial charge in [0, 0.05) is 25.7 Å². The Morgan fingerprint density at radius 2 is 2.05 bits per heavy atom. The molecule has 7 heteroatoms. The van der Waals surface area contributed by atoms with Gasteiger partial charge in [-0.15, -0.1) is 0 Å². The predicted octanol–water partition coefficient (Wildman–Crippen LogP) is -0.0662. The SMILES string of the molecule is CNCCN(C)S(=O)(=O)c1ccc(C)c(C(N)=O)c1. The van der Waals surface area contributed by atoms with Crippen molar-refractivity contribution < 1.29 is 13.2 Å². The maximum atomic E-state index is 12.3. The van der Waals surface area contributed by atoms with Gasteiger partial charge in [-0.25, -0.2) is 8.42 Å². The molecule has 0 atom stereocenters. The Morgan fingerprint density at radius 3 is 2.58 bits per heavy atom. The Morgan fingerprint density at radius 1 is 1.42 bits per heavy atom. The second-order valence-electron chi connectivity index (χ2n) is 4.27. The molecule has 6 nitrogen and oxygen atoms in total. The number of hydrogen-bond donors (Lipinski definition) is 2. The maximum Gasteiger partial charge on any atom is 0.249 e. The van der Waals surface area contributed by atoms with Crippen molar-refractivity contribution in [3.05, 3.63) is 29.3 Å². The number of likely N-dealkylation sites (N-methyl/N-ethyl adjacent to an activating group) is 2. The summed E-state index contributed by atoms with van der Waals surface area (Å²) >= 11 is 0. The number of nitrogens with zero attached hydrogens (tertiary/aromatic N) is 1. The number of benzene rings is 1. The molecule has 1 rings (SSSR count). The molecule has 0 saturated carbocycles. The third-order valence-electron chi connectivity index (χ3n) is 2.86. The van der Waals surface area contributed by atoms with Crippen LogP contribution in [0.5, 0.6) is 0 Å². The minimum absolute atomic E-state index is 0.0745. The van der Waals surface area contributed by atoms with E-state index >= 15 is 0 Å². The Kier molecular flexibility index (Phi) is 5.04. The summed E-state index contributed by atoms with van der Waals surface area (Å²) in [5, 5.41) is 2.88. The lowest BCUT2D eigenvalue weighted by Gasteiger charge is -2.17. The Balaban J connectivity index is 3.15. The Labute approximate surface area is 113 Å². The molecule has 0 fully saturated rings. The number of hydrogen-bond acceptors (Lipinski definition) is 4. The average Bonchev–Trinajstić information content (AvgIpc) is 2.35. The zero-order chi connectivity index (χ0) is 14.6. The van der Waals surface area contributed by atoms with E-state index in [2.05, 4.69) is 5.32 Å². The third kappa shape index (κ3) is 3.52. The number of primary amides is 1. The van der Waals surface area contributed by atoms with E-state index in [0.717, 1.165) is 0 Å². The largest absolute Gasteiger partial charge is 0.366 e. The van der Waals surface area contributed by atoms with Crippen molar-refractivity contribution in [1.82, 2.24) is 9.62 Å². The van der Waals surface area contributed by atoms with E-state index in [1.54, 1.807) is 20.0 Å². The van der Waals surface area contributed by atoms with E-state index in [4.69, 9.17) is 5.73 Å². The van der Waals surface area contributed by atoms with Crippen molar-refractivity contribution in [2.75, 3.05) is 27.2 Å². The number of carbonyl (C=O) groups excluding carboxylic acids is 1. The summed E-state index contributed by atoms with van der Waals surface area (Å²) in [5.41, 5.74) is 6.11. The van der Waals surface area contributed by atoms with Crippen LogP contribution in [0, 0.1) is 6.92 Å². The lowest BCUT2D eigenvalue weighted by atomic mass is 10.1. The topological polar surface area (TPSA) is 92.5 Å². The van der Waals surface area contributed by atoms with Gasteiger partial charge in [-0.05, 0) is 31.7 Å². The van der Waals surface area contributed by atoms with Gasteiger partial charge in [-0.2, -0.15) is 4.31 Å². The molecule has 0 aliphatic rings. The van der Waals surface area contributed by atoms with Crippen LogP contribution in [-0.4, -0.2) is 45.8 Å². The molecule has 3 N–H and O–H groups in total. The zero-order valence-corrected chi connectivity index (χ0v) is 12.1. The van der Waals surface area contributed by atoms with Crippen molar-refractivity contribution in [1.29, 1.82) is 0 Å². The zero-order valence-electron chi connectivity index (χ0n) is 11.3. The van der Waals surface area contributed by atoms with Crippen LogP contribution < -0.4 is 11.1 Å². The predicted molar refractivity (Wildman–Crippen MR) is 73.4 cm³/mol. The van der Waals surface area contributed by atoms with Crippen molar-refractivity contribution in [2.45, 2.75) is 11.8 Å². The molecular formula is C12H19N3O3S. The normalized spacial score (nSPS) is 11.8. The van der Waals surface area contributed by atoms with Gasteiger partial charge in [-0.1, -0.05) is 6.07 Å². The summed E-state index contributed by atoms with van der Waals surface area (Å²) in [4.78, 5) is 11.3. The van der Waals surface area contributed by atoms with Crippen LogP contribution in [0.1, 0.15) is 15.9 Å². The van der Waals surface area contributed by atoms with Crippen LogP contribution in [0.25, 0.3) is 0 Å². The highest BCUT2D eigenvalue weighted by molar-refractivity contribution is 7.89. The van der Waals surface area contributed by atoms with Crippen LogP contribution in [-0.2, 0) is 10.0 Å². The number of aryl methyl sites for hydroxylation is 1. The van der Waals surface area contributed by atoms with Crippen molar-refractivity contribution in [3.63, 3.8) is 0 Å². The number of amides is 1. The van der Waals surface area contributed by atoms with E-state index in [-0.39, 0.29) is 10.5 Å². The molecule has 0 saturated heterocycles.